The zero-order valence-electron chi connectivity index (χ0n) is 15.7. The lowest BCUT2D eigenvalue weighted by molar-refractivity contribution is -0.162. The molecule has 1 atom stereocenters. The summed E-state index contributed by atoms with van der Waals surface area (Å²) in [6.07, 6.45) is 2.62. The number of hydrogen-bond donors (Lipinski definition) is 0. The predicted molar refractivity (Wildman–Crippen MR) is 90.6 cm³/mol. The molecule has 0 N–H and O–H groups in total. The number of hydrogen-bond acceptors (Lipinski definition) is 7. The van der Waals surface area contributed by atoms with Crippen LogP contribution in [0.3, 0.4) is 0 Å². The molecule has 0 bridgehead atoms. The van der Waals surface area contributed by atoms with Crippen LogP contribution in [0.4, 0.5) is 0 Å². The Morgan fingerprint density at radius 2 is 1.00 bits per heavy atom. The Morgan fingerprint density at radius 3 is 1.36 bits per heavy atom. The fourth-order valence-corrected chi connectivity index (χ4v) is 2.42. The zero-order chi connectivity index (χ0) is 19.2. The van der Waals surface area contributed by atoms with Gasteiger partial charge in [0, 0.05) is 0 Å². The first-order valence-corrected chi connectivity index (χ1v) is 8.89. The predicted octanol–water partition coefficient (Wildman–Crippen LogP) is 2.45. The highest BCUT2D eigenvalue weighted by molar-refractivity contribution is 5.97. The van der Waals surface area contributed by atoms with Crippen LogP contribution in [0.5, 0.6) is 0 Å². The summed E-state index contributed by atoms with van der Waals surface area (Å²) >= 11 is 0. The highest BCUT2D eigenvalue weighted by atomic mass is 16.6. The zero-order valence-corrected chi connectivity index (χ0v) is 15.7. The van der Waals surface area contributed by atoms with Gasteiger partial charge in [0.05, 0.1) is 19.8 Å². The smallest absolute Gasteiger partial charge is 0.320 e. The van der Waals surface area contributed by atoms with Crippen LogP contribution < -0.4 is 0 Å². The molecule has 25 heavy (non-hydrogen) atoms. The van der Waals surface area contributed by atoms with E-state index in [-0.39, 0.29) is 25.6 Å². The maximum absolute atomic E-state index is 11.9. The number of carbonyl (C=O) groups is 4. The van der Waals surface area contributed by atoms with Crippen molar-refractivity contribution in [3.8, 4) is 0 Å². The lowest BCUT2D eigenvalue weighted by Crippen LogP contribution is -2.28. The molecule has 0 saturated heterocycles. The summed E-state index contributed by atoms with van der Waals surface area (Å²) in [5, 5.41) is 0. The molecule has 0 aromatic rings. The van der Waals surface area contributed by atoms with Crippen LogP contribution in [0.2, 0.25) is 0 Å². The standard InChI is InChI=1S/C18H30O7/c1-5-23-16(20)14(13(4)19)11-9-8-10-12-15(17(21)24-6-2)18(22)25-7-3/h14-15H,5-12H2,1-4H3. The van der Waals surface area contributed by atoms with Crippen molar-refractivity contribution in [2.24, 2.45) is 11.8 Å². The number of unbranched alkanes of at least 4 members (excludes halogenated alkanes) is 2. The fraction of sp³-hybridized carbons (Fsp3) is 0.778. The molecular formula is C18H30O7. The van der Waals surface area contributed by atoms with Crippen molar-refractivity contribution >= 4 is 23.7 Å². The van der Waals surface area contributed by atoms with E-state index < -0.39 is 29.7 Å². The minimum absolute atomic E-state index is 0.203. The summed E-state index contributed by atoms with van der Waals surface area (Å²) in [5.41, 5.74) is 0. The third-order valence-corrected chi connectivity index (χ3v) is 3.69. The van der Waals surface area contributed by atoms with E-state index in [1.54, 1.807) is 20.8 Å². The van der Waals surface area contributed by atoms with Gasteiger partial charge in [0.2, 0.25) is 0 Å². The molecule has 1 unspecified atom stereocenters. The summed E-state index contributed by atoms with van der Waals surface area (Å²) < 4.78 is 14.7. The molecule has 7 nitrogen and oxygen atoms in total. The minimum Gasteiger partial charge on any atom is -0.465 e. The van der Waals surface area contributed by atoms with Gasteiger partial charge in [0.25, 0.3) is 0 Å². The van der Waals surface area contributed by atoms with Crippen molar-refractivity contribution in [3.63, 3.8) is 0 Å². The molecule has 0 fully saturated rings. The van der Waals surface area contributed by atoms with Crippen molar-refractivity contribution in [1.82, 2.24) is 0 Å². The maximum Gasteiger partial charge on any atom is 0.320 e. The molecule has 0 radical (unpaired) electrons. The summed E-state index contributed by atoms with van der Waals surface area (Å²) in [7, 11) is 0. The first kappa shape index (κ1) is 23.1. The second-order valence-corrected chi connectivity index (χ2v) is 5.61. The Kier molecular flexibility index (Phi) is 12.4. The van der Waals surface area contributed by atoms with Gasteiger partial charge in [-0.25, -0.2) is 0 Å². The highest BCUT2D eigenvalue weighted by Gasteiger charge is 2.29. The molecule has 0 aromatic carbocycles. The largest absolute Gasteiger partial charge is 0.465 e. The van der Waals surface area contributed by atoms with Crippen molar-refractivity contribution in [2.75, 3.05) is 19.8 Å². The van der Waals surface area contributed by atoms with Crippen molar-refractivity contribution < 1.29 is 33.4 Å². The SMILES string of the molecule is CCOC(=O)C(CCCCCC(C(=O)OCC)C(=O)OCC)C(C)=O. The van der Waals surface area contributed by atoms with E-state index in [4.69, 9.17) is 14.2 Å². The van der Waals surface area contributed by atoms with E-state index in [2.05, 4.69) is 0 Å². The molecule has 0 rings (SSSR count). The van der Waals surface area contributed by atoms with Gasteiger partial charge in [-0.1, -0.05) is 19.3 Å². The van der Waals surface area contributed by atoms with Gasteiger partial charge in [-0.15, -0.1) is 0 Å². The van der Waals surface area contributed by atoms with Crippen molar-refractivity contribution in [2.45, 2.75) is 59.8 Å². The molecule has 0 saturated carbocycles. The van der Waals surface area contributed by atoms with Crippen LogP contribution in [-0.2, 0) is 33.4 Å². The van der Waals surface area contributed by atoms with Crippen LogP contribution in [-0.4, -0.2) is 43.5 Å². The molecule has 144 valence electrons. The average molecular weight is 358 g/mol. The number of ether oxygens (including phenoxy) is 3. The Balaban J connectivity index is 4.39. The number of esters is 3. The third-order valence-electron chi connectivity index (χ3n) is 3.69. The monoisotopic (exact) mass is 358 g/mol. The van der Waals surface area contributed by atoms with Gasteiger partial charge in [0.15, 0.2) is 5.92 Å². The van der Waals surface area contributed by atoms with Crippen LogP contribution in [0.25, 0.3) is 0 Å². The van der Waals surface area contributed by atoms with E-state index in [1.165, 1.54) is 6.92 Å². The topological polar surface area (TPSA) is 96.0 Å². The Morgan fingerprint density at radius 1 is 0.640 bits per heavy atom. The first-order valence-electron chi connectivity index (χ1n) is 8.89. The Hall–Kier alpha value is -1.92. The lowest BCUT2D eigenvalue weighted by atomic mass is 9.95. The van der Waals surface area contributed by atoms with Gasteiger partial charge in [-0.05, 0) is 40.5 Å². The molecule has 0 aromatic heterocycles. The second-order valence-electron chi connectivity index (χ2n) is 5.61. The molecule has 0 heterocycles. The van der Waals surface area contributed by atoms with E-state index >= 15 is 0 Å². The van der Waals surface area contributed by atoms with E-state index in [0.29, 0.717) is 32.1 Å². The van der Waals surface area contributed by atoms with E-state index in [9.17, 15) is 19.2 Å². The van der Waals surface area contributed by atoms with E-state index in [0.717, 1.165) is 0 Å². The summed E-state index contributed by atoms with van der Waals surface area (Å²) in [5.74, 6) is -3.53. The minimum atomic E-state index is -0.923. The molecule has 0 aliphatic carbocycles. The molecule has 0 aliphatic rings. The molecule has 7 heteroatoms. The second kappa shape index (κ2) is 13.4. The van der Waals surface area contributed by atoms with Crippen molar-refractivity contribution in [1.29, 1.82) is 0 Å². The fourth-order valence-electron chi connectivity index (χ4n) is 2.42. The summed E-state index contributed by atoms with van der Waals surface area (Å²) in [6.45, 7) is 7.07. The van der Waals surface area contributed by atoms with Gasteiger partial charge in [-0.3, -0.25) is 19.2 Å². The molecule has 0 spiro atoms. The lowest BCUT2D eigenvalue weighted by Gasteiger charge is -2.15. The normalized spacial score (nSPS) is 11.7. The summed E-state index contributed by atoms with van der Waals surface area (Å²) in [6, 6.07) is 0. The molecule has 0 aliphatic heterocycles. The number of carbonyl (C=O) groups excluding carboxylic acids is 4. The maximum atomic E-state index is 11.9. The van der Waals surface area contributed by atoms with Gasteiger partial charge in [0.1, 0.15) is 11.7 Å². The first-order chi connectivity index (χ1) is 11.9. The van der Waals surface area contributed by atoms with Crippen LogP contribution in [0, 0.1) is 11.8 Å². The van der Waals surface area contributed by atoms with Gasteiger partial charge >= 0.3 is 17.9 Å². The number of Topliss-reactive ketones (excluding diaryl/α,β-unsaturated/α-hetero) is 1. The average Bonchev–Trinajstić information content (AvgIpc) is 2.54. The highest BCUT2D eigenvalue weighted by Crippen LogP contribution is 2.18. The van der Waals surface area contributed by atoms with E-state index in [1.807, 2.05) is 0 Å². The number of ketones is 1. The molecule has 0 amide bonds. The Bertz CT molecular complexity index is 427. The number of rotatable bonds is 13. The molecular weight excluding hydrogens is 328 g/mol. The van der Waals surface area contributed by atoms with Gasteiger partial charge in [-0.2, -0.15) is 0 Å². The van der Waals surface area contributed by atoms with Crippen LogP contribution in [0.1, 0.15) is 59.8 Å². The summed E-state index contributed by atoms with van der Waals surface area (Å²) in [4.78, 5) is 47.0. The van der Waals surface area contributed by atoms with Crippen LogP contribution in [0.15, 0.2) is 0 Å². The quantitative estimate of drug-likeness (QED) is 0.216. The third kappa shape index (κ3) is 9.22. The Labute approximate surface area is 149 Å². The van der Waals surface area contributed by atoms with Crippen LogP contribution >= 0.6 is 0 Å². The van der Waals surface area contributed by atoms with Gasteiger partial charge < -0.3 is 14.2 Å². The van der Waals surface area contributed by atoms with Crippen molar-refractivity contribution in [3.05, 3.63) is 0 Å².